The van der Waals surface area contributed by atoms with Crippen LogP contribution in [0.4, 0.5) is 0 Å². The Balaban J connectivity index is 1.45. The van der Waals surface area contributed by atoms with E-state index in [2.05, 4.69) is 0 Å². The number of phenols is 5. The van der Waals surface area contributed by atoms with E-state index in [0.717, 1.165) is 12.1 Å². The second-order valence-electron chi connectivity index (χ2n) is 9.12. The SMILES string of the molecule is COc1ccc(/C=C/c2cc(O)cc(O[C@H]3O[C@@H](COC(=O)c4cc(O)c(O)c(O)c4)[C@H](O)[C@@H](O)[C@@H]3O)c2)cc1O. The minimum absolute atomic E-state index is 0.0284. The number of ether oxygens (including phenoxy) is 4. The van der Waals surface area contributed by atoms with E-state index in [1.807, 2.05) is 0 Å². The van der Waals surface area contributed by atoms with Crippen molar-refractivity contribution < 1.29 is 64.6 Å². The lowest BCUT2D eigenvalue weighted by molar-refractivity contribution is -0.277. The van der Waals surface area contributed by atoms with Crippen LogP contribution in [0.2, 0.25) is 0 Å². The van der Waals surface area contributed by atoms with Crippen LogP contribution < -0.4 is 9.47 Å². The summed E-state index contributed by atoms with van der Waals surface area (Å²) in [6.45, 7) is -0.630. The molecule has 41 heavy (non-hydrogen) atoms. The number of aliphatic hydroxyl groups excluding tert-OH is 3. The lowest BCUT2D eigenvalue weighted by Crippen LogP contribution is -2.60. The Morgan fingerprint density at radius 1 is 0.829 bits per heavy atom. The van der Waals surface area contributed by atoms with Gasteiger partial charge in [-0.1, -0.05) is 18.2 Å². The molecule has 8 N–H and O–H groups in total. The summed E-state index contributed by atoms with van der Waals surface area (Å²) in [4.78, 5) is 12.4. The minimum atomic E-state index is -1.77. The molecule has 1 heterocycles. The van der Waals surface area contributed by atoms with Gasteiger partial charge in [-0.2, -0.15) is 0 Å². The largest absolute Gasteiger partial charge is 0.508 e. The van der Waals surface area contributed by atoms with E-state index in [0.29, 0.717) is 16.9 Å². The molecule has 0 aromatic heterocycles. The smallest absolute Gasteiger partial charge is 0.338 e. The van der Waals surface area contributed by atoms with Crippen molar-refractivity contribution in [3.05, 3.63) is 65.2 Å². The number of benzene rings is 3. The third-order valence-corrected chi connectivity index (χ3v) is 6.19. The molecule has 1 fully saturated rings. The summed E-state index contributed by atoms with van der Waals surface area (Å²) in [5.74, 6) is -3.33. The van der Waals surface area contributed by atoms with E-state index in [1.54, 1.807) is 24.3 Å². The van der Waals surface area contributed by atoms with Gasteiger partial charge in [0.15, 0.2) is 28.7 Å². The van der Waals surface area contributed by atoms with Crippen molar-refractivity contribution in [2.75, 3.05) is 13.7 Å². The van der Waals surface area contributed by atoms with Crippen LogP contribution in [-0.4, -0.2) is 91.2 Å². The number of phenolic OH excluding ortho intramolecular Hbond substituents is 5. The first-order chi connectivity index (χ1) is 19.5. The minimum Gasteiger partial charge on any atom is -0.508 e. The normalized spacial score (nSPS) is 22.4. The maximum Gasteiger partial charge on any atom is 0.338 e. The molecule has 0 radical (unpaired) electrons. The molecule has 4 rings (SSSR count). The topological polar surface area (TPSA) is 216 Å². The fraction of sp³-hybridized carbons (Fsp3) is 0.250. The summed E-state index contributed by atoms with van der Waals surface area (Å²) in [6.07, 6.45) is -4.85. The summed E-state index contributed by atoms with van der Waals surface area (Å²) >= 11 is 0. The summed E-state index contributed by atoms with van der Waals surface area (Å²) in [5.41, 5.74) is 0.779. The zero-order valence-electron chi connectivity index (χ0n) is 21.5. The van der Waals surface area contributed by atoms with Gasteiger partial charge >= 0.3 is 5.97 Å². The lowest BCUT2D eigenvalue weighted by atomic mass is 9.99. The molecule has 0 aliphatic carbocycles. The Hall–Kier alpha value is -4.69. The molecule has 1 saturated heterocycles. The van der Waals surface area contributed by atoms with E-state index in [4.69, 9.17) is 18.9 Å². The molecule has 218 valence electrons. The highest BCUT2D eigenvalue weighted by molar-refractivity contribution is 5.91. The first-order valence-corrected chi connectivity index (χ1v) is 12.1. The van der Waals surface area contributed by atoms with Crippen LogP contribution in [0.1, 0.15) is 21.5 Å². The monoisotopic (exact) mass is 572 g/mol. The Morgan fingerprint density at radius 2 is 1.51 bits per heavy atom. The second-order valence-corrected chi connectivity index (χ2v) is 9.12. The standard InChI is InChI=1S/C28H28O13/c1-38-21-5-4-13(8-18(21)30)2-3-14-6-16(29)11-17(7-14)40-28-26(36)25(35)24(34)22(41-28)12-39-27(37)15-9-19(31)23(33)20(32)10-15/h2-11,22,24-26,28-36H,12H2,1H3/b3-2+/t22-,24-,25+,26-,28-/m0/s1. The van der Waals surface area contributed by atoms with Crippen LogP contribution in [0, 0.1) is 0 Å². The number of aliphatic hydroxyl groups is 3. The molecule has 3 aromatic rings. The maximum atomic E-state index is 12.4. The zero-order chi connectivity index (χ0) is 29.8. The quantitative estimate of drug-likeness (QED) is 0.109. The van der Waals surface area contributed by atoms with Crippen LogP contribution in [0.15, 0.2) is 48.5 Å². The average molecular weight is 573 g/mol. The molecule has 0 spiro atoms. The van der Waals surface area contributed by atoms with E-state index >= 15 is 0 Å². The molecule has 1 aliphatic rings. The van der Waals surface area contributed by atoms with E-state index in [1.165, 1.54) is 31.4 Å². The third-order valence-electron chi connectivity index (χ3n) is 6.19. The molecule has 3 aromatic carbocycles. The van der Waals surface area contributed by atoms with E-state index < -0.39 is 60.5 Å². The van der Waals surface area contributed by atoms with Gasteiger partial charge in [0.25, 0.3) is 0 Å². The Labute approximate surface area is 232 Å². The highest BCUT2D eigenvalue weighted by atomic mass is 16.7. The number of carbonyl (C=O) groups is 1. The number of rotatable bonds is 8. The summed E-state index contributed by atoms with van der Waals surface area (Å²) < 4.78 is 21.3. The van der Waals surface area contributed by atoms with Crippen molar-refractivity contribution in [1.82, 2.24) is 0 Å². The van der Waals surface area contributed by atoms with Gasteiger partial charge in [-0.3, -0.25) is 0 Å². The highest BCUT2D eigenvalue weighted by Crippen LogP contribution is 2.36. The van der Waals surface area contributed by atoms with Crippen molar-refractivity contribution in [3.8, 4) is 40.2 Å². The van der Waals surface area contributed by atoms with Gasteiger partial charge in [-0.05, 0) is 47.5 Å². The Morgan fingerprint density at radius 3 is 2.17 bits per heavy atom. The fourth-order valence-corrected chi connectivity index (χ4v) is 4.02. The van der Waals surface area contributed by atoms with Crippen LogP contribution in [0.25, 0.3) is 12.2 Å². The Bertz CT molecular complexity index is 1410. The van der Waals surface area contributed by atoms with Gasteiger partial charge in [0.05, 0.1) is 12.7 Å². The molecule has 0 bridgehead atoms. The molecule has 0 saturated carbocycles. The maximum absolute atomic E-state index is 12.4. The molecule has 13 nitrogen and oxygen atoms in total. The van der Waals surface area contributed by atoms with Crippen molar-refractivity contribution in [3.63, 3.8) is 0 Å². The number of aromatic hydroxyl groups is 5. The van der Waals surface area contributed by atoms with E-state index in [9.17, 15) is 45.6 Å². The first-order valence-electron chi connectivity index (χ1n) is 12.1. The summed E-state index contributed by atoms with van der Waals surface area (Å²) in [5, 5.41) is 79.9. The van der Waals surface area contributed by atoms with Crippen LogP contribution in [-0.2, 0) is 9.47 Å². The first kappa shape index (κ1) is 29.3. The number of hydrogen-bond acceptors (Lipinski definition) is 13. The van der Waals surface area contributed by atoms with Crippen molar-refractivity contribution in [2.45, 2.75) is 30.7 Å². The number of carbonyl (C=O) groups excluding carboxylic acids is 1. The molecule has 0 unspecified atom stereocenters. The molecular weight excluding hydrogens is 544 g/mol. The van der Waals surface area contributed by atoms with Gasteiger partial charge in [0.1, 0.15) is 42.5 Å². The molecule has 5 atom stereocenters. The summed E-state index contributed by atoms with van der Waals surface area (Å²) in [7, 11) is 1.43. The van der Waals surface area contributed by atoms with Crippen LogP contribution >= 0.6 is 0 Å². The van der Waals surface area contributed by atoms with Gasteiger partial charge in [-0.25, -0.2) is 4.79 Å². The molecular formula is C28H28O13. The summed E-state index contributed by atoms with van der Waals surface area (Å²) in [6, 6.07) is 10.6. The number of hydrogen-bond donors (Lipinski definition) is 8. The van der Waals surface area contributed by atoms with Crippen molar-refractivity contribution in [1.29, 1.82) is 0 Å². The van der Waals surface area contributed by atoms with Gasteiger partial charge in [0.2, 0.25) is 6.29 Å². The average Bonchev–Trinajstić information content (AvgIpc) is 2.93. The van der Waals surface area contributed by atoms with Crippen LogP contribution in [0.3, 0.4) is 0 Å². The lowest BCUT2D eigenvalue weighted by Gasteiger charge is -2.39. The molecule has 13 heteroatoms. The highest BCUT2D eigenvalue weighted by Gasteiger charge is 2.45. The van der Waals surface area contributed by atoms with Crippen molar-refractivity contribution >= 4 is 18.1 Å². The molecule has 1 aliphatic heterocycles. The number of methoxy groups -OCH3 is 1. The number of esters is 1. The second kappa shape index (κ2) is 12.2. The van der Waals surface area contributed by atoms with Gasteiger partial charge in [-0.15, -0.1) is 0 Å². The predicted octanol–water partition coefficient (Wildman–Crippen LogP) is 1.44. The van der Waals surface area contributed by atoms with Gasteiger partial charge in [0, 0.05) is 6.07 Å². The van der Waals surface area contributed by atoms with E-state index in [-0.39, 0.29) is 22.8 Å². The molecule has 0 amide bonds. The van der Waals surface area contributed by atoms with Crippen LogP contribution in [0.5, 0.6) is 40.2 Å². The fourth-order valence-electron chi connectivity index (χ4n) is 4.02. The van der Waals surface area contributed by atoms with Crippen molar-refractivity contribution in [2.24, 2.45) is 0 Å². The zero-order valence-corrected chi connectivity index (χ0v) is 21.5. The van der Waals surface area contributed by atoms with Gasteiger partial charge < -0.3 is 59.8 Å². The Kier molecular flexibility index (Phi) is 8.74. The third kappa shape index (κ3) is 6.73. The predicted molar refractivity (Wildman–Crippen MR) is 141 cm³/mol.